The Morgan fingerprint density at radius 1 is 0.319 bits per heavy atom. The SMILES string of the molecule is CC1(C)c2ccccc2-c2ccc(-c3sc(-c4ccc(N(c5ccc(-c6ccccc6)cc5)c5ccc6c(c5)C5(c7ccccc7-c7ccccc75)c5ccccc5-6)cc4)c4c3Oc3ccccc3O4)cc21. The van der Waals surface area contributed by atoms with E-state index in [4.69, 9.17) is 9.47 Å². The third kappa shape index (κ3) is 5.78. The molecule has 10 aromatic carbocycles. The molecule has 1 aromatic heterocycles. The molecule has 1 spiro atoms. The van der Waals surface area contributed by atoms with Crippen molar-refractivity contribution in [2.24, 2.45) is 0 Å². The van der Waals surface area contributed by atoms with Gasteiger partial charge in [0.25, 0.3) is 0 Å². The van der Waals surface area contributed by atoms with Crippen LogP contribution in [-0.4, -0.2) is 0 Å². The lowest BCUT2D eigenvalue weighted by Crippen LogP contribution is -2.26. The van der Waals surface area contributed by atoms with Crippen molar-refractivity contribution in [3.63, 3.8) is 0 Å². The molecule has 4 heteroatoms. The van der Waals surface area contributed by atoms with Crippen LogP contribution >= 0.6 is 11.3 Å². The lowest BCUT2D eigenvalue weighted by atomic mass is 9.70. The van der Waals surface area contributed by atoms with Crippen LogP contribution in [0.5, 0.6) is 23.0 Å². The van der Waals surface area contributed by atoms with E-state index in [-0.39, 0.29) is 5.41 Å². The molecule has 0 radical (unpaired) electrons. The molecule has 0 amide bonds. The number of fused-ring (bicyclic) bond motifs is 15. The van der Waals surface area contributed by atoms with Crippen LogP contribution in [0.2, 0.25) is 0 Å². The molecular weight excluding hydrogens is 895 g/mol. The van der Waals surface area contributed by atoms with Crippen LogP contribution in [0.15, 0.2) is 237 Å². The number of para-hydroxylation sites is 2. The molecule has 0 saturated carbocycles. The van der Waals surface area contributed by atoms with Gasteiger partial charge in [-0.1, -0.05) is 196 Å². The molecule has 72 heavy (non-hydrogen) atoms. The van der Waals surface area contributed by atoms with Crippen molar-refractivity contribution < 1.29 is 9.47 Å². The predicted octanol–water partition coefficient (Wildman–Crippen LogP) is 18.8. The first-order chi connectivity index (χ1) is 35.4. The van der Waals surface area contributed by atoms with E-state index in [0.29, 0.717) is 5.75 Å². The smallest absolute Gasteiger partial charge is 0.189 e. The van der Waals surface area contributed by atoms with E-state index < -0.39 is 5.41 Å². The second-order valence-electron chi connectivity index (χ2n) is 19.9. The fourth-order valence-electron chi connectivity index (χ4n) is 12.5. The summed E-state index contributed by atoms with van der Waals surface area (Å²) in [5.74, 6) is 2.94. The largest absolute Gasteiger partial charge is 0.448 e. The van der Waals surface area contributed by atoms with Crippen molar-refractivity contribution in [3.05, 3.63) is 270 Å². The minimum Gasteiger partial charge on any atom is -0.448 e. The average Bonchev–Trinajstić information content (AvgIpc) is 4.13. The Labute approximate surface area is 423 Å². The van der Waals surface area contributed by atoms with Crippen LogP contribution in [0.1, 0.15) is 47.2 Å². The van der Waals surface area contributed by atoms with Gasteiger partial charge >= 0.3 is 0 Å². The summed E-state index contributed by atoms with van der Waals surface area (Å²) < 4.78 is 13.7. The average molecular weight is 940 g/mol. The third-order valence-corrected chi connectivity index (χ3v) is 17.1. The van der Waals surface area contributed by atoms with Crippen LogP contribution in [-0.2, 0) is 10.8 Å². The number of anilines is 3. The van der Waals surface area contributed by atoms with E-state index in [1.165, 1.54) is 77.9 Å². The molecule has 0 atom stereocenters. The first kappa shape index (κ1) is 41.1. The molecule has 0 saturated heterocycles. The lowest BCUT2D eigenvalue weighted by molar-refractivity contribution is 0.364. The first-order valence-electron chi connectivity index (χ1n) is 24.8. The molecular formula is C68H45NO2S. The Balaban J connectivity index is 0.882. The number of nitrogens with zero attached hydrogens (tertiary/aromatic N) is 1. The highest BCUT2D eigenvalue weighted by molar-refractivity contribution is 7.19. The van der Waals surface area contributed by atoms with Gasteiger partial charge in [0.15, 0.2) is 23.0 Å². The summed E-state index contributed by atoms with van der Waals surface area (Å²) in [6, 6.07) is 86.6. The summed E-state index contributed by atoms with van der Waals surface area (Å²) in [4.78, 5) is 4.49. The third-order valence-electron chi connectivity index (χ3n) is 15.8. The van der Waals surface area contributed by atoms with Gasteiger partial charge in [0, 0.05) is 22.5 Å². The van der Waals surface area contributed by atoms with Gasteiger partial charge in [0.05, 0.1) is 15.2 Å². The minimum atomic E-state index is -0.461. The lowest BCUT2D eigenvalue weighted by Gasteiger charge is -2.32. The standard InChI is InChI=1S/C68H45NO2S/c1-67(2)55-22-10-6-18-49(55)53-38-32-45(40-59(53)67)66-64-63(70-61-26-14-15-27-62(61)71-64)65(72-66)44-30-35-47(36-31-44)69(46-33-28-43(29-34-46)42-16-4-3-5-17-42)48-37-39-54-52-21-9-13-25-58(52)68(60(54)41-48)56-23-11-7-19-50(56)51-20-8-12-24-57(51)68/h3-41H,1-2H3. The molecule has 3 aliphatic carbocycles. The number of ether oxygens (including phenoxy) is 2. The van der Waals surface area contributed by atoms with E-state index >= 15 is 0 Å². The highest BCUT2D eigenvalue weighted by atomic mass is 32.1. The van der Waals surface area contributed by atoms with Crippen LogP contribution in [0.3, 0.4) is 0 Å². The van der Waals surface area contributed by atoms with Crippen LogP contribution < -0.4 is 14.4 Å². The van der Waals surface area contributed by atoms with Gasteiger partial charge in [-0.3, -0.25) is 0 Å². The van der Waals surface area contributed by atoms with Crippen molar-refractivity contribution in [1.29, 1.82) is 0 Å². The molecule has 0 fully saturated rings. The molecule has 4 aliphatic rings. The van der Waals surface area contributed by atoms with E-state index in [9.17, 15) is 0 Å². The van der Waals surface area contributed by atoms with Crippen LogP contribution in [0, 0.1) is 0 Å². The number of benzene rings is 10. The molecule has 0 unspecified atom stereocenters. The van der Waals surface area contributed by atoms with Crippen LogP contribution in [0.4, 0.5) is 17.1 Å². The maximum Gasteiger partial charge on any atom is 0.189 e. The molecule has 340 valence electrons. The van der Waals surface area contributed by atoms with Crippen molar-refractivity contribution >= 4 is 28.4 Å². The molecule has 0 N–H and O–H groups in total. The number of hydrogen-bond acceptors (Lipinski definition) is 4. The fourth-order valence-corrected chi connectivity index (χ4v) is 13.7. The number of thiophene rings is 1. The molecule has 1 aliphatic heterocycles. The predicted molar refractivity (Wildman–Crippen MR) is 296 cm³/mol. The Morgan fingerprint density at radius 3 is 1.31 bits per heavy atom. The summed E-state index contributed by atoms with van der Waals surface area (Å²) >= 11 is 1.73. The number of hydrogen-bond donors (Lipinski definition) is 0. The first-order valence-corrected chi connectivity index (χ1v) is 25.6. The van der Waals surface area contributed by atoms with E-state index in [1.807, 2.05) is 24.3 Å². The molecule has 3 nitrogen and oxygen atoms in total. The zero-order valence-electron chi connectivity index (χ0n) is 39.7. The van der Waals surface area contributed by atoms with Gasteiger partial charge < -0.3 is 14.4 Å². The monoisotopic (exact) mass is 939 g/mol. The highest BCUT2D eigenvalue weighted by Crippen LogP contribution is 2.64. The topological polar surface area (TPSA) is 21.7 Å². The Morgan fingerprint density at radius 2 is 0.722 bits per heavy atom. The minimum absolute atomic E-state index is 0.134. The maximum atomic E-state index is 6.85. The highest BCUT2D eigenvalue weighted by Gasteiger charge is 2.51. The van der Waals surface area contributed by atoms with Crippen molar-refractivity contribution in [2.45, 2.75) is 24.7 Å². The second-order valence-corrected chi connectivity index (χ2v) is 20.9. The summed E-state index contributed by atoms with van der Waals surface area (Å²) in [5.41, 5.74) is 22.9. The summed E-state index contributed by atoms with van der Waals surface area (Å²) in [7, 11) is 0. The normalized spacial score (nSPS) is 14.1. The van der Waals surface area contributed by atoms with E-state index in [1.54, 1.807) is 11.3 Å². The zero-order valence-corrected chi connectivity index (χ0v) is 40.5. The summed E-state index contributed by atoms with van der Waals surface area (Å²) in [5, 5.41) is 0. The molecule has 2 heterocycles. The van der Waals surface area contributed by atoms with Gasteiger partial charge in [-0.25, -0.2) is 0 Å². The fraction of sp³-hybridized carbons (Fsp3) is 0.0588. The summed E-state index contributed by atoms with van der Waals surface area (Å²) in [6.07, 6.45) is 0. The van der Waals surface area contributed by atoms with Crippen molar-refractivity contribution in [1.82, 2.24) is 0 Å². The zero-order chi connectivity index (χ0) is 47.7. The van der Waals surface area contributed by atoms with E-state index in [0.717, 1.165) is 55.2 Å². The van der Waals surface area contributed by atoms with E-state index in [2.05, 4.69) is 231 Å². The summed E-state index contributed by atoms with van der Waals surface area (Å²) in [6.45, 7) is 4.67. The van der Waals surface area contributed by atoms with Crippen LogP contribution in [0.25, 0.3) is 65.4 Å². The number of rotatable bonds is 6. The Hall–Kier alpha value is -8.70. The second kappa shape index (κ2) is 15.4. The quantitative estimate of drug-likeness (QED) is 0.166. The van der Waals surface area contributed by atoms with Gasteiger partial charge in [-0.2, -0.15) is 0 Å². The van der Waals surface area contributed by atoms with Gasteiger partial charge in [0.1, 0.15) is 0 Å². The van der Waals surface area contributed by atoms with Crippen molar-refractivity contribution in [2.75, 3.05) is 4.90 Å². The molecule has 0 bridgehead atoms. The maximum absolute atomic E-state index is 6.85. The Bertz CT molecular complexity index is 3950. The molecule has 11 aromatic rings. The molecule has 15 rings (SSSR count). The van der Waals surface area contributed by atoms with Gasteiger partial charge in [-0.15, -0.1) is 11.3 Å². The van der Waals surface area contributed by atoms with Gasteiger partial charge in [-0.05, 0) is 144 Å². The van der Waals surface area contributed by atoms with Crippen molar-refractivity contribution in [3.8, 4) is 88.4 Å². The van der Waals surface area contributed by atoms with Gasteiger partial charge in [0.2, 0.25) is 0 Å². The Kier molecular flexibility index (Phi) is 8.79.